The van der Waals surface area contributed by atoms with Crippen molar-refractivity contribution in [3.05, 3.63) is 28.8 Å². The Hall–Kier alpha value is -2.41. The van der Waals surface area contributed by atoms with Crippen LogP contribution in [-0.4, -0.2) is 41.2 Å². The Morgan fingerprint density at radius 1 is 1.21 bits per heavy atom. The highest BCUT2D eigenvalue weighted by atomic mass is 35.5. The number of aryl methyl sites for hydroxylation is 1. The maximum absolute atomic E-state index is 12.8. The van der Waals surface area contributed by atoms with Crippen LogP contribution in [0.5, 0.6) is 0 Å². The normalized spacial score (nSPS) is 28.4. The van der Waals surface area contributed by atoms with Crippen LogP contribution in [-0.2, 0) is 23.9 Å². The van der Waals surface area contributed by atoms with Crippen LogP contribution in [0.25, 0.3) is 0 Å². The second-order valence-corrected chi connectivity index (χ2v) is 8.63. The van der Waals surface area contributed by atoms with Crippen molar-refractivity contribution in [2.75, 3.05) is 11.9 Å². The Kier molecular flexibility index (Phi) is 5.11. The molecule has 1 saturated heterocycles. The molecular formula is C21H23ClN2O5. The molecule has 1 aliphatic heterocycles. The van der Waals surface area contributed by atoms with Crippen LogP contribution in [0.15, 0.2) is 18.2 Å². The fourth-order valence-electron chi connectivity index (χ4n) is 5.04. The van der Waals surface area contributed by atoms with Gasteiger partial charge in [0, 0.05) is 10.7 Å². The smallest absolute Gasteiger partial charge is 0.329 e. The predicted molar refractivity (Wildman–Crippen MR) is 105 cm³/mol. The molecule has 0 unspecified atom stereocenters. The maximum Gasteiger partial charge on any atom is 0.329 e. The fourth-order valence-corrected chi connectivity index (χ4v) is 5.22. The van der Waals surface area contributed by atoms with Crippen LogP contribution in [0.4, 0.5) is 5.69 Å². The number of carbonyl (C=O) groups excluding carboxylic acids is 4. The minimum atomic E-state index is -1.04. The molecular weight excluding hydrogens is 396 g/mol. The minimum absolute atomic E-state index is 0.252. The van der Waals surface area contributed by atoms with Crippen LogP contribution in [0.2, 0.25) is 5.02 Å². The van der Waals surface area contributed by atoms with Gasteiger partial charge >= 0.3 is 5.97 Å². The molecule has 2 saturated carbocycles. The largest absolute Gasteiger partial charge is 0.454 e. The summed E-state index contributed by atoms with van der Waals surface area (Å²) in [6.45, 7) is 2.80. The van der Waals surface area contributed by atoms with Gasteiger partial charge in [0.25, 0.3) is 5.91 Å². The summed E-state index contributed by atoms with van der Waals surface area (Å²) >= 11 is 6.03. The first kappa shape index (κ1) is 19.9. The molecule has 29 heavy (non-hydrogen) atoms. The number of nitrogens with one attached hydrogen (secondary N) is 1. The van der Waals surface area contributed by atoms with Gasteiger partial charge in [0.05, 0.1) is 11.8 Å². The number of hydrogen-bond acceptors (Lipinski definition) is 5. The van der Waals surface area contributed by atoms with Gasteiger partial charge in [-0.1, -0.05) is 17.7 Å². The second kappa shape index (κ2) is 7.44. The highest BCUT2D eigenvalue weighted by Gasteiger charge is 2.62. The van der Waals surface area contributed by atoms with Crippen LogP contribution >= 0.6 is 11.6 Å². The van der Waals surface area contributed by atoms with Crippen LogP contribution in [0.1, 0.15) is 31.7 Å². The Balaban J connectivity index is 1.34. The Labute approximate surface area is 173 Å². The third kappa shape index (κ3) is 3.41. The number of amides is 3. The van der Waals surface area contributed by atoms with E-state index in [0.717, 1.165) is 29.7 Å². The van der Waals surface area contributed by atoms with E-state index in [1.165, 1.54) is 6.92 Å². The lowest BCUT2D eigenvalue weighted by Crippen LogP contribution is -2.45. The number of anilines is 1. The lowest BCUT2D eigenvalue weighted by molar-refractivity contribution is -0.159. The van der Waals surface area contributed by atoms with Gasteiger partial charge in [-0.05, 0) is 62.6 Å². The van der Waals surface area contributed by atoms with E-state index in [4.69, 9.17) is 16.3 Å². The third-order valence-corrected chi connectivity index (χ3v) is 6.90. The standard InChI is InChI=1S/C21H23ClN2O5/c1-10-3-6-14(8-15(10)22)23-16(25)9-29-21(28)11(2)24-19(26)17-12-4-5-13(7-12)18(17)20(24)27/h3,6,8,11-13,17-18H,4-5,7,9H2,1-2H3,(H,23,25)/t11-,12+,13+,17-,18+/m1/s1. The molecule has 2 bridgehead atoms. The van der Waals surface area contributed by atoms with E-state index in [0.29, 0.717) is 10.7 Å². The number of halogens is 1. The summed E-state index contributed by atoms with van der Waals surface area (Å²) in [6.07, 6.45) is 2.88. The van der Waals surface area contributed by atoms with Crippen molar-refractivity contribution in [1.82, 2.24) is 4.90 Å². The number of carbonyl (C=O) groups is 4. The van der Waals surface area contributed by atoms with E-state index in [-0.39, 0.29) is 35.5 Å². The maximum atomic E-state index is 12.8. The summed E-state index contributed by atoms with van der Waals surface area (Å²) < 4.78 is 5.06. The van der Waals surface area contributed by atoms with E-state index in [2.05, 4.69) is 5.32 Å². The first-order valence-electron chi connectivity index (χ1n) is 9.87. The van der Waals surface area contributed by atoms with Crippen molar-refractivity contribution < 1.29 is 23.9 Å². The molecule has 0 aromatic heterocycles. The Bertz CT molecular complexity index is 873. The van der Waals surface area contributed by atoms with E-state index in [9.17, 15) is 19.2 Å². The van der Waals surface area contributed by atoms with Crippen molar-refractivity contribution >= 4 is 41.0 Å². The summed E-state index contributed by atoms with van der Waals surface area (Å²) in [7, 11) is 0. The molecule has 1 N–H and O–H groups in total. The SMILES string of the molecule is Cc1ccc(NC(=O)COC(=O)[C@@H](C)N2C(=O)[C@@H]3[C@H]4CC[C@@H](C4)[C@@H]3C2=O)cc1Cl. The van der Waals surface area contributed by atoms with Gasteiger partial charge in [-0.2, -0.15) is 0 Å². The van der Waals surface area contributed by atoms with E-state index in [1.54, 1.807) is 18.2 Å². The first-order chi connectivity index (χ1) is 13.8. The number of hydrogen-bond donors (Lipinski definition) is 1. The number of nitrogens with zero attached hydrogens (tertiary/aromatic N) is 1. The van der Waals surface area contributed by atoms with Crippen LogP contribution in [0.3, 0.4) is 0 Å². The Morgan fingerprint density at radius 3 is 2.41 bits per heavy atom. The van der Waals surface area contributed by atoms with Crippen LogP contribution < -0.4 is 5.32 Å². The molecule has 1 aromatic rings. The first-order valence-corrected chi connectivity index (χ1v) is 10.2. The number of rotatable bonds is 5. The van der Waals surface area contributed by atoms with Crippen molar-refractivity contribution in [2.24, 2.45) is 23.7 Å². The van der Waals surface area contributed by atoms with Crippen molar-refractivity contribution in [1.29, 1.82) is 0 Å². The molecule has 7 nitrogen and oxygen atoms in total. The fraction of sp³-hybridized carbons (Fsp3) is 0.524. The van der Waals surface area contributed by atoms with Crippen LogP contribution in [0, 0.1) is 30.6 Å². The highest BCUT2D eigenvalue weighted by molar-refractivity contribution is 6.31. The summed E-state index contributed by atoms with van der Waals surface area (Å²) in [6, 6.07) is 4.02. The summed E-state index contributed by atoms with van der Waals surface area (Å²) in [4.78, 5) is 51.1. The minimum Gasteiger partial charge on any atom is -0.454 e. The topological polar surface area (TPSA) is 92.8 Å². The average Bonchev–Trinajstić information content (AvgIpc) is 3.36. The monoisotopic (exact) mass is 418 g/mol. The molecule has 4 rings (SSSR count). The molecule has 8 heteroatoms. The molecule has 3 aliphatic rings. The van der Waals surface area contributed by atoms with Crippen molar-refractivity contribution in [2.45, 2.75) is 39.2 Å². The zero-order valence-corrected chi connectivity index (χ0v) is 17.1. The van der Waals surface area contributed by atoms with Gasteiger partial charge in [-0.15, -0.1) is 0 Å². The summed E-state index contributed by atoms with van der Waals surface area (Å²) in [5.41, 5.74) is 1.37. The van der Waals surface area contributed by atoms with Crippen molar-refractivity contribution in [3.63, 3.8) is 0 Å². The molecule has 1 heterocycles. The molecule has 0 radical (unpaired) electrons. The molecule has 5 atom stereocenters. The van der Waals surface area contributed by atoms with E-state index in [1.807, 2.05) is 6.92 Å². The quantitative estimate of drug-likeness (QED) is 0.586. The van der Waals surface area contributed by atoms with Gasteiger partial charge in [-0.25, -0.2) is 4.79 Å². The summed E-state index contributed by atoms with van der Waals surface area (Å²) in [5.74, 6) is -1.90. The zero-order valence-electron chi connectivity index (χ0n) is 16.3. The molecule has 1 aromatic carbocycles. The third-order valence-electron chi connectivity index (χ3n) is 6.49. The van der Waals surface area contributed by atoms with Gasteiger partial charge in [-0.3, -0.25) is 19.3 Å². The number of likely N-dealkylation sites (tertiary alicyclic amines) is 1. The van der Waals surface area contributed by atoms with Gasteiger partial charge in [0.2, 0.25) is 11.8 Å². The lowest BCUT2D eigenvalue weighted by Gasteiger charge is -2.23. The van der Waals surface area contributed by atoms with E-state index >= 15 is 0 Å². The number of benzene rings is 1. The second-order valence-electron chi connectivity index (χ2n) is 8.23. The van der Waals surface area contributed by atoms with Gasteiger partial charge < -0.3 is 10.1 Å². The molecule has 3 amide bonds. The zero-order chi connectivity index (χ0) is 20.9. The van der Waals surface area contributed by atoms with Gasteiger partial charge in [0.15, 0.2) is 6.61 Å². The lowest BCUT2D eigenvalue weighted by atomic mass is 9.81. The number of imide groups is 1. The number of fused-ring (bicyclic) bond motifs is 5. The van der Waals surface area contributed by atoms with Gasteiger partial charge in [0.1, 0.15) is 6.04 Å². The molecule has 154 valence electrons. The summed E-state index contributed by atoms with van der Waals surface area (Å²) in [5, 5.41) is 3.11. The number of esters is 1. The molecule has 2 aliphatic carbocycles. The average molecular weight is 419 g/mol. The molecule has 3 fully saturated rings. The predicted octanol–water partition coefficient (Wildman–Crippen LogP) is 2.55. The van der Waals surface area contributed by atoms with Crippen molar-refractivity contribution in [3.8, 4) is 0 Å². The molecule has 0 spiro atoms. The highest BCUT2D eigenvalue weighted by Crippen LogP contribution is 2.56. The van der Waals surface area contributed by atoms with E-state index < -0.39 is 24.5 Å². The Morgan fingerprint density at radius 2 is 1.83 bits per heavy atom. The number of ether oxygens (including phenoxy) is 1.